The molecule has 0 fully saturated rings. The monoisotopic (exact) mass is 239 g/mol. The maximum absolute atomic E-state index is 9.83. The molecule has 0 unspecified atom stereocenters. The summed E-state index contributed by atoms with van der Waals surface area (Å²) in [5, 5.41) is 23.5. The summed E-state index contributed by atoms with van der Waals surface area (Å²) in [5.41, 5.74) is 0.440. The highest BCUT2D eigenvalue weighted by Gasteiger charge is 1.96. The summed E-state index contributed by atoms with van der Waals surface area (Å²) in [7, 11) is 0. The zero-order valence-electron chi connectivity index (χ0n) is 10.1. The molecule has 0 bridgehead atoms. The molecule has 5 nitrogen and oxygen atoms in total. The van der Waals surface area contributed by atoms with Gasteiger partial charge in [-0.3, -0.25) is 0 Å². The van der Waals surface area contributed by atoms with Crippen LogP contribution in [0.3, 0.4) is 0 Å². The molecule has 0 saturated carbocycles. The molecule has 0 aliphatic heterocycles. The third-order valence-corrected chi connectivity index (χ3v) is 1.19. The summed E-state index contributed by atoms with van der Waals surface area (Å²) in [6.45, 7) is 12.8. The number of nitriles is 1. The van der Waals surface area contributed by atoms with Crippen LogP contribution < -0.4 is 0 Å². The minimum absolute atomic E-state index is 0.176. The van der Waals surface area contributed by atoms with Gasteiger partial charge >= 0.3 is 11.9 Å². The van der Waals surface area contributed by atoms with Crippen LogP contribution in [-0.4, -0.2) is 22.2 Å². The summed E-state index contributed by atoms with van der Waals surface area (Å²) in [4.78, 5) is 19.4. The van der Waals surface area contributed by atoms with Crippen LogP contribution >= 0.6 is 0 Å². The van der Waals surface area contributed by atoms with Crippen LogP contribution in [-0.2, 0) is 9.59 Å². The third-order valence-electron chi connectivity index (χ3n) is 1.19. The number of carbonyl (C=O) groups is 2. The Morgan fingerprint density at radius 1 is 1.29 bits per heavy atom. The topological polar surface area (TPSA) is 98.4 Å². The van der Waals surface area contributed by atoms with Crippen molar-refractivity contribution in [2.75, 3.05) is 0 Å². The summed E-state index contributed by atoms with van der Waals surface area (Å²) in [6.07, 6.45) is 1.70. The van der Waals surface area contributed by atoms with Gasteiger partial charge < -0.3 is 10.2 Å². The Labute approximate surface area is 101 Å². The fourth-order valence-corrected chi connectivity index (χ4v) is 0.151. The van der Waals surface area contributed by atoms with Gasteiger partial charge in [-0.15, -0.1) is 0 Å². The standard InChI is InChI=1S/C5H8O2.C4H6O2.C3H3N/c1-3-4(2)5(6)7;1-3(2)4(5)6;1-2-3-4/h2-3H2,1H3,(H,6,7);1H2,2H3,(H,5,6);2H,1H2. The van der Waals surface area contributed by atoms with E-state index in [1.54, 1.807) is 13.0 Å². The van der Waals surface area contributed by atoms with E-state index >= 15 is 0 Å². The maximum Gasteiger partial charge on any atom is 0.330 e. The minimum atomic E-state index is -0.935. The van der Waals surface area contributed by atoms with E-state index in [0.29, 0.717) is 6.42 Å². The summed E-state index contributed by atoms with van der Waals surface area (Å²) < 4.78 is 0. The number of allylic oxidation sites excluding steroid dienone is 1. The van der Waals surface area contributed by atoms with Crippen LogP contribution in [0.5, 0.6) is 0 Å². The fourth-order valence-electron chi connectivity index (χ4n) is 0.151. The Morgan fingerprint density at radius 3 is 1.59 bits per heavy atom. The van der Waals surface area contributed by atoms with Crippen LogP contribution in [0.2, 0.25) is 0 Å². The van der Waals surface area contributed by atoms with E-state index in [0.717, 1.165) is 0 Å². The van der Waals surface area contributed by atoms with E-state index < -0.39 is 11.9 Å². The van der Waals surface area contributed by atoms with E-state index in [1.165, 1.54) is 13.0 Å². The molecule has 0 heterocycles. The molecule has 0 aliphatic rings. The van der Waals surface area contributed by atoms with Gasteiger partial charge in [0.1, 0.15) is 0 Å². The van der Waals surface area contributed by atoms with Gasteiger partial charge in [0.05, 0.1) is 6.07 Å². The first-order valence-corrected chi connectivity index (χ1v) is 4.54. The molecular weight excluding hydrogens is 222 g/mol. The van der Waals surface area contributed by atoms with Gasteiger partial charge in [-0.25, -0.2) is 9.59 Å². The Morgan fingerprint density at radius 2 is 1.59 bits per heavy atom. The molecule has 2 N–H and O–H groups in total. The number of carboxylic acid groups (broad SMARTS) is 2. The largest absolute Gasteiger partial charge is 0.478 e. The highest BCUT2D eigenvalue weighted by atomic mass is 16.4. The number of aliphatic carboxylic acids is 2. The molecule has 0 aromatic rings. The van der Waals surface area contributed by atoms with Crippen molar-refractivity contribution in [3.63, 3.8) is 0 Å². The Kier molecular flexibility index (Phi) is 16.1. The normalized spacial score (nSPS) is 6.88. The van der Waals surface area contributed by atoms with Gasteiger partial charge in [0.25, 0.3) is 0 Å². The lowest BCUT2D eigenvalue weighted by molar-refractivity contribution is -0.133. The molecule has 0 rings (SSSR count). The molecular formula is C12H17NO4. The first-order valence-electron chi connectivity index (χ1n) is 4.54. The second-order valence-electron chi connectivity index (χ2n) is 2.68. The smallest absolute Gasteiger partial charge is 0.330 e. The van der Waals surface area contributed by atoms with Crippen LogP contribution in [0.15, 0.2) is 37.0 Å². The van der Waals surface area contributed by atoms with E-state index in [4.69, 9.17) is 15.5 Å². The van der Waals surface area contributed by atoms with Gasteiger partial charge in [-0.2, -0.15) is 5.26 Å². The number of hydrogen-bond acceptors (Lipinski definition) is 3. The van der Waals surface area contributed by atoms with Crippen molar-refractivity contribution in [3.05, 3.63) is 37.0 Å². The second kappa shape index (κ2) is 13.7. The molecule has 0 atom stereocenters. The van der Waals surface area contributed by atoms with Crippen molar-refractivity contribution in [3.8, 4) is 6.07 Å². The van der Waals surface area contributed by atoms with Crippen LogP contribution in [0.4, 0.5) is 0 Å². The van der Waals surface area contributed by atoms with Crippen molar-refractivity contribution in [2.45, 2.75) is 20.3 Å². The molecule has 5 heteroatoms. The van der Waals surface area contributed by atoms with Crippen molar-refractivity contribution in [1.82, 2.24) is 0 Å². The molecule has 0 spiro atoms. The van der Waals surface area contributed by atoms with Crippen LogP contribution in [0.1, 0.15) is 20.3 Å². The van der Waals surface area contributed by atoms with Crippen molar-refractivity contribution >= 4 is 11.9 Å². The zero-order valence-corrected chi connectivity index (χ0v) is 10.1. The first kappa shape index (κ1) is 20.1. The van der Waals surface area contributed by atoms with Crippen molar-refractivity contribution in [1.29, 1.82) is 5.26 Å². The summed E-state index contributed by atoms with van der Waals surface area (Å²) in [6, 6.07) is 1.69. The highest BCUT2D eigenvalue weighted by molar-refractivity contribution is 5.85. The average Bonchev–Trinajstić information content (AvgIpc) is 2.28. The molecule has 0 saturated heterocycles. The Balaban J connectivity index is -0.000000180. The zero-order chi connectivity index (χ0) is 14.4. The molecule has 0 aliphatic carbocycles. The summed E-state index contributed by atoms with van der Waals surface area (Å²) >= 11 is 0. The Bertz CT molecular complexity index is 325. The second-order valence-corrected chi connectivity index (χ2v) is 2.68. The van der Waals surface area contributed by atoms with Gasteiger partial charge in [0, 0.05) is 17.2 Å². The highest BCUT2D eigenvalue weighted by Crippen LogP contribution is 1.93. The molecule has 0 radical (unpaired) electrons. The Hall–Kier alpha value is -2.35. The predicted octanol–water partition coefficient (Wildman–Crippen LogP) is 2.38. The van der Waals surface area contributed by atoms with E-state index in [1.807, 2.05) is 0 Å². The van der Waals surface area contributed by atoms with Gasteiger partial charge in [0.2, 0.25) is 0 Å². The van der Waals surface area contributed by atoms with Gasteiger partial charge in [-0.1, -0.05) is 26.7 Å². The van der Waals surface area contributed by atoms with E-state index in [9.17, 15) is 9.59 Å². The van der Waals surface area contributed by atoms with Crippen LogP contribution in [0.25, 0.3) is 0 Å². The number of carboxylic acids is 2. The number of rotatable bonds is 3. The average molecular weight is 239 g/mol. The number of nitrogens with zero attached hydrogens (tertiary/aromatic N) is 1. The van der Waals surface area contributed by atoms with Crippen molar-refractivity contribution < 1.29 is 19.8 Å². The van der Waals surface area contributed by atoms with Gasteiger partial charge in [-0.05, 0) is 13.3 Å². The van der Waals surface area contributed by atoms with E-state index in [2.05, 4.69) is 19.7 Å². The molecule has 0 aromatic carbocycles. The van der Waals surface area contributed by atoms with E-state index in [-0.39, 0.29) is 11.1 Å². The first-order chi connectivity index (χ1) is 7.74. The molecule has 17 heavy (non-hydrogen) atoms. The summed E-state index contributed by atoms with van der Waals surface area (Å²) in [5.74, 6) is -1.84. The van der Waals surface area contributed by atoms with Gasteiger partial charge in [0.15, 0.2) is 0 Å². The lowest BCUT2D eigenvalue weighted by atomic mass is 10.2. The fraction of sp³-hybridized carbons (Fsp3) is 0.250. The molecule has 0 amide bonds. The lowest BCUT2D eigenvalue weighted by Crippen LogP contribution is -1.95. The molecule has 94 valence electrons. The van der Waals surface area contributed by atoms with Crippen molar-refractivity contribution in [2.24, 2.45) is 0 Å². The minimum Gasteiger partial charge on any atom is -0.478 e. The quantitative estimate of drug-likeness (QED) is 0.582. The predicted molar refractivity (Wildman–Crippen MR) is 65.3 cm³/mol. The maximum atomic E-state index is 9.83. The SMILES string of the molecule is C=C(C)C(=O)O.C=C(CC)C(=O)O.C=CC#N. The molecule has 0 aromatic heterocycles. The van der Waals surface area contributed by atoms with Crippen LogP contribution in [0, 0.1) is 11.3 Å². The number of hydrogen-bond donors (Lipinski definition) is 2. The lowest BCUT2D eigenvalue weighted by Gasteiger charge is -1.87. The third kappa shape index (κ3) is 24.8.